The van der Waals surface area contributed by atoms with Crippen LogP contribution in [-0.2, 0) is 42.1 Å². The van der Waals surface area contributed by atoms with Gasteiger partial charge in [0.15, 0.2) is 0 Å². The number of rotatable bonds is 7. The molecular weight excluding hydrogens is 1150 g/mol. The maximum atomic E-state index is 6.54. The second-order valence-electron chi connectivity index (χ2n) is 14.9. The van der Waals surface area contributed by atoms with E-state index in [2.05, 4.69) is 111 Å². The molecule has 0 aliphatic rings. The molecule has 12 rings (SSSR count). The van der Waals surface area contributed by atoms with Gasteiger partial charge in [-0.15, -0.1) is 59.3 Å². The Kier molecular flexibility index (Phi) is 10.2. The van der Waals surface area contributed by atoms with Gasteiger partial charge >= 0.3 is 42.1 Å². The van der Waals surface area contributed by atoms with E-state index in [4.69, 9.17) is 19.4 Å². The third-order valence-electron chi connectivity index (χ3n) is 11.0. The molecule has 6 heterocycles. The number of hydrogen-bond acceptors (Lipinski definition) is 7. The standard InChI is InChI=1S/C51H30N8O2.2Pt/c1-31-19-21-53-49(23-31)57-43-9-5-3-7-37(43)39-15-11-33(25-45(39)57)60-35-13-17-41-42-18-14-36(28-48(42)59(47(41)27-35)51-55-29-52-30-56-51)61-34-12-16-40-38-8-4-6-10-44(38)58(46(40)26-34)50-24-32(2)20-22-54-50;;/h3-24,29-30H,1-2H3;;/q-4;2*+2. The van der Waals surface area contributed by atoms with E-state index in [9.17, 15) is 0 Å². The molecule has 0 bridgehead atoms. The number of para-hydroxylation sites is 2. The first-order chi connectivity index (χ1) is 30.0. The Morgan fingerprint density at radius 3 is 1.21 bits per heavy atom. The number of benzene rings is 6. The molecule has 0 atom stereocenters. The van der Waals surface area contributed by atoms with Gasteiger partial charge in [0.2, 0.25) is 5.95 Å². The van der Waals surface area contributed by atoms with E-state index in [1.807, 2.05) is 89.8 Å². The van der Waals surface area contributed by atoms with E-state index < -0.39 is 0 Å². The van der Waals surface area contributed by atoms with Crippen LogP contribution < -0.4 is 9.47 Å². The van der Waals surface area contributed by atoms with Crippen LogP contribution in [0.5, 0.6) is 23.0 Å². The summed E-state index contributed by atoms with van der Waals surface area (Å²) in [5, 5.41) is 6.16. The fourth-order valence-corrected chi connectivity index (χ4v) is 8.36. The summed E-state index contributed by atoms with van der Waals surface area (Å²) in [6.07, 6.45) is 6.60. The first-order valence-corrected chi connectivity index (χ1v) is 19.7. The zero-order valence-electron chi connectivity index (χ0n) is 33.4. The second kappa shape index (κ2) is 16.0. The van der Waals surface area contributed by atoms with Crippen molar-refractivity contribution < 1.29 is 51.6 Å². The minimum atomic E-state index is 0. The zero-order chi connectivity index (χ0) is 40.6. The largest absolute Gasteiger partial charge is 2.00 e. The molecule has 306 valence electrons. The van der Waals surface area contributed by atoms with Gasteiger partial charge in [0.05, 0.1) is 0 Å². The van der Waals surface area contributed by atoms with Crippen molar-refractivity contribution in [1.29, 1.82) is 0 Å². The minimum Gasteiger partial charge on any atom is -0.509 e. The van der Waals surface area contributed by atoms with Crippen LogP contribution in [0.25, 0.3) is 83.0 Å². The summed E-state index contributed by atoms with van der Waals surface area (Å²) >= 11 is 0. The van der Waals surface area contributed by atoms with Crippen molar-refractivity contribution in [1.82, 2.24) is 38.6 Å². The van der Waals surface area contributed by atoms with Crippen molar-refractivity contribution in [3.8, 4) is 40.6 Å². The van der Waals surface area contributed by atoms with Crippen LogP contribution >= 0.6 is 0 Å². The molecule has 63 heavy (non-hydrogen) atoms. The minimum absolute atomic E-state index is 0. The Labute approximate surface area is 389 Å². The van der Waals surface area contributed by atoms with Gasteiger partial charge in [-0.2, -0.15) is 35.0 Å². The van der Waals surface area contributed by atoms with Gasteiger partial charge in [0, 0.05) is 46.4 Å². The van der Waals surface area contributed by atoms with E-state index in [0.29, 0.717) is 40.0 Å². The topological polar surface area (TPSA) is 97.7 Å². The van der Waals surface area contributed by atoms with Gasteiger partial charge in [-0.3, -0.25) is 0 Å². The van der Waals surface area contributed by atoms with Gasteiger partial charge in [-0.05, 0) is 72.1 Å². The third-order valence-corrected chi connectivity index (χ3v) is 11.0. The Balaban J connectivity index is 0.00000236. The molecule has 0 saturated carbocycles. The quantitative estimate of drug-likeness (QED) is 0.147. The fraction of sp³-hybridized carbons (Fsp3) is 0.0392. The molecule has 0 aliphatic heterocycles. The van der Waals surface area contributed by atoms with Crippen LogP contribution in [0.1, 0.15) is 11.1 Å². The van der Waals surface area contributed by atoms with Crippen LogP contribution in [0.15, 0.2) is 146 Å². The van der Waals surface area contributed by atoms with E-state index in [-0.39, 0.29) is 42.1 Å². The van der Waals surface area contributed by atoms with Crippen LogP contribution in [0, 0.1) is 38.1 Å². The first-order valence-electron chi connectivity index (χ1n) is 19.7. The number of hydrogen-bond donors (Lipinski definition) is 0. The normalized spacial score (nSPS) is 11.4. The number of aryl methyl sites for hydroxylation is 2. The summed E-state index contributed by atoms with van der Waals surface area (Å²) in [4.78, 5) is 22.6. The summed E-state index contributed by atoms with van der Waals surface area (Å²) in [5.41, 5.74) is 7.45. The average molecular weight is 1180 g/mol. The molecule has 6 aromatic heterocycles. The SMILES string of the molecule is Cc1ccnc(-n2c3[c-]c(Oc4[c-]c5c(cc4)c4ccc(Oc6[c-]c7c(cc6)c6ccccc6n7-c6cc(C)ccn6)[c-]c4n5-c4ncncn4)ccc3c3ccccc32)c1.[Pt+2].[Pt+2]. The van der Waals surface area contributed by atoms with E-state index in [1.54, 1.807) is 0 Å². The van der Waals surface area contributed by atoms with Crippen LogP contribution in [0.3, 0.4) is 0 Å². The Bertz CT molecular complexity index is 3490. The van der Waals surface area contributed by atoms with Crippen molar-refractivity contribution in [2.75, 3.05) is 0 Å². The summed E-state index contributed by atoms with van der Waals surface area (Å²) in [6, 6.07) is 54.7. The fourth-order valence-electron chi connectivity index (χ4n) is 8.36. The number of aromatic nitrogens is 8. The molecule has 0 amide bonds. The van der Waals surface area contributed by atoms with Crippen LogP contribution in [0.2, 0.25) is 0 Å². The smallest absolute Gasteiger partial charge is 0.509 e. The Morgan fingerprint density at radius 2 is 0.794 bits per heavy atom. The molecule has 0 radical (unpaired) electrons. The van der Waals surface area contributed by atoms with E-state index in [1.165, 1.54) is 12.7 Å². The Morgan fingerprint density at radius 1 is 0.413 bits per heavy atom. The van der Waals surface area contributed by atoms with Gasteiger partial charge in [-0.25, -0.2) is 24.9 Å². The molecule has 10 nitrogen and oxygen atoms in total. The number of fused-ring (bicyclic) bond motifs is 9. The predicted molar refractivity (Wildman–Crippen MR) is 236 cm³/mol. The van der Waals surface area contributed by atoms with Gasteiger partial charge < -0.3 is 23.2 Å². The summed E-state index contributed by atoms with van der Waals surface area (Å²) in [5.74, 6) is 4.10. The van der Waals surface area contributed by atoms with E-state index >= 15 is 0 Å². The first kappa shape index (κ1) is 40.1. The average Bonchev–Trinajstić information content (AvgIpc) is 3.91. The summed E-state index contributed by atoms with van der Waals surface area (Å²) in [6.45, 7) is 4.13. The molecular formula is C51H30N8O2Pt2. The van der Waals surface area contributed by atoms with Gasteiger partial charge in [-0.1, -0.05) is 58.5 Å². The maximum absolute atomic E-state index is 6.54. The van der Waals surface area contributed by atoms with Crippen molar-refractivity contribution in [2.45, 2.75) is 13.8 Å². The van der Waals surface area contributed by atoms with Gasteiger partial charge in [0.1, 0.15) is 24.3 Å². The second-order valence-corrected chi connectivity index (χ2v) is 14.9. The molecule has 0 fully saturated rings. The molecule has 12 heteroatoms. The molecule has 0 unspecified atom stereocenters. The number of pyridine rings is 2. The number of ether oxygens (including phenoxy) is 2. The maximum Gasteiger partial charge on any atom is 2.00 e. The van der Waals surface area contributed by atoms with Crippen molar-refractivity contribution in [2.24, 2.45) is 0 Å². The molecule has 6 aromatic carbocycles. The van der Waals surface area contributed by atoms with Gasteiger partial charge in [0.25, 0.3) is 0 Å². The van der Waals surface area contributed by atoms with Crippen molar-refractivity contribution in [3.05, 3.63) is 182 Å². The Hall–Kier alpha value is -6.99. The molecule has 0 spiro atoms. The monoisotopic (exact) mass is 1180 g/mol. The van der Waals surface area contributed by atoms with E-state index in [0.717, 1.165) is 77.1 Å². The summed E-state index contributed by atoms with van der Waals surface area (Å²) < 4.78 is 19.2. The molecule has 12 aromatic rings. The number of nitrogens with zero attached hydrogens (tertiary/aromatic N) is 8. The van der Waals surface area contributed by atoms with Crippen LogP contribution in [-0.4, -0.2) is 38.6 Å². The zero-order valence-corrected chi connectivity index (χ0v) is 37.9. The van der Waals surface area contributed by atoms with Crippen molar-refractivity contribution in [3.63, 3.8) is 0 Å². The molecule has 0 aliphatic carbocycles. The summed E-state index contributed by atoms with van der Waals surface area (Å²) in [7, 11) is 0. The molecule has 0 saturated heterocycles. The molecule has 0 N–H and O–H groups in total. The van der Waals surface area contributed by atoms with Crippen LogP contribution in [0.4, 0.5) is 0 Å². The van der Waals surface area contributed by atoms with Crippen molar-refractivity contribution >= 4 is 65.4 Å². The third kappa shape index (κ3) is 6.78. The predicted octanol–water partition coefficient (Wildman–Crippen LogP) is 11.4.